The number of hydrogen-bond donors (Lipinski definition) is 1. The van der Waals surface area contributed by atoms with Gasteiger partial charge < -0.3 is 10.3 Å². The van der Waals surface area contributed by atoms with Crippen molar-refractivity contribution in [2.45, 2.75) is 43.9 Å². The van der Waals surface area contributed by atoms with E-state index in [1.807, 2.05) is 11.8 Å². The lowest BCUT2D eigenvalue weighted by Crippen LogP contribution is -2.21. The Kier molecular flexibility index (Phi) is 3.44. The summed E-state index contributed by atoms with van der Waals surface area (Å²) in [5.41, 5.74) is 9.63. The number of fused-ring (bicyclic) bond motifs is 1. The van der Waals surface area contributed by atoms with Crippen molar-refractivity contribution in [2.75, 3.05) is 12.0 Å². The van der Waals surface area contributed by atoms with Gasteiger partial charge in [0.05, 0.1) is 11.0 Å². The molecule has 19 heavy (non-hydrogen) atoms. The highest BCUT2D eigenvalue weighted by Crippen LogP contribution is 2.37. The smallest absolute Gasteiger partial charge is 0.201 e. The zero-order valence-electron chi connectivity index (χ0n) is 11.6. The second-order valence-corrected chi connectivity index (χ2v) is 6.65. The number of nitrogen functional groups attached to an aromatic ring is 1. The maximum absolute atomic E-state index is 6.17. The summed E-state index contributed by atoms with van der Waals surface area (Å²) in [6, 6.07) is 6.95. The fourth-order valence-corrected chi connectivity index (χ4v) is 4.00. The van der Waals surface area contributed by atoms with E-state index in [2.05, 4.69) is 40.9 Å². The molecule has 1 aliphatic rings. The highest BCUT2D eigenvalue weighted by atomic mass is 32.2. The van der Waals surface area contributed by atoms with Crippen molar-refractivity contribution >= 4 is 28.7 Å². The number of thioether (sulfide) groups is 1. The third-order valence-corrected chi connectivity index (χ3v) is 5.26. The molecule has 102 valence electrons. The van der Waals surface area contributed by atoms with Crippen molar-refractivity contribution in [2.24, 2.45) is 0 Å². The van der Waals surface area contributed by atoms with Crippen molar-refractivity contribution < 1.29 is 0 Å². The van der Waals surface area contributed by atoms with Crippen molar-refractivity contribution in [3.05, 3.63) is 23.8 Å². The van der Waals surface area contributed by atoms with Gasteiger partial charge in [-0.1, -0.05) is 12.5 Å². The summed E-state index contributed by atoms with van der Waals surface area (Å²) >= 11 is 1.99. The van der Waals surface area contributed by atoms with E-state index in [-0.39, 0.29) is 0 Å². The van der Waals surface area contributed by atoms with E-state index in [1.165, 1.54) is 36.8 Å². The summed E-state index contributed by atoms with van der Waals surface area (Å²) in [5, 5.41) is 0.765. The Morgan fingerprint density at radius 3 is 3.00 bits per heavy atom. The Balaban J connectivity index is 2.02. The van der Waals surface area contributed by atoms with Gasteiger partial charge in [-0.25, -0.2) is 4.98 Å². The van der Waals surface area contributed by atoms with Crippen LogP contribution < -0.4 is 5.73 Å². The highest BCUT2D eigenvalue weighted by molar-refractivity contribution is 7.99. The van der Waals surface area contributed by atoms with Crippen LogP contribution in [0.3, 0.4) is 0 Å². The molecule has 1 saturated carbocycles. The van der Waals surface area contributed by atoms with Crippen LogP contribution in [0.1, 0.15) is 37.3 Å². The summed E-state index contributed by atoms with van der Waals surface area (Å²) in [5.74, 6) is 0.673. The molecule has 2 unspecified atom stereocenters. The molecule has 2 atom stereocenters. The van der Waals surface area contributed by atoms with Gasteiger partial charge in [0.25, 0.3) is 0 Å². The van der Waals surface area contributed by atoms with E-state index in [0.29, 0.717) is 12.0 Å². The van der Waals surface area contributed by atoms with Gasteiger partial charge >= 0.3 is 0 Å². The van der Waals surface area contributed by atoms with Crippen LogP contribution in [-0.4, -0.2) is 21.1 Å². The zero-order valence-corrected chi connectivity index (χ0v) is 12.4. The molecule has 1 aromatic heterocycles. The molecule has 1 heterocycles. The van der Waals surface area contributed by atoms with E-state index in [1.54, 1.807) is 0 Å². The Morgan fingerprint density at radius 1 is 1.37 bits per heavy atom. The summed E-state index contributed by atoms with van der Waals surface area (Å²) in [4.78, 5) is 4.53. The summed E-state index contributed by atoms with van der Waals surface area (Å²) in [7, 11) is 0. The second kappa shape index (κ2) is 5.08. The number of aromatic nitrogens is 2. The molecule has 0 saturated heterocycles. The maximum atomic E-state index is 6.17. The molecule has 0 spiro atoms. The van der Waals surface area contributed by atoms with Crippen LogP contribution in [0.2, 0.25) is 0 Å². The summed E-state index contributed by atoms with van der Waals surface area (Å²) < 4.78 is 2.26. The summed E-state index contributed by atoms with van der Waals surface area (Å²) in [6.07, 6.45) is 7.28. The number of hydrogen-bond acceptors (Lipinski definition) is 3. The number of aryl methyl sites for hydroxylation is 1. The minimum absolute atomic E-state index is 0.513. The van der Waals surface area contributed by atoms with Crippen LogP contribution >= 0.6 is 11.8 Å². The Labute approximate surface area is 118 Å². The fourth-order valence-electron chi connectivity index (χ4n) is 3.18. The summed E-state index contributed by atoms with van der Waals surface area (Å²) in [6.45, 7) is 2.10. The first-order valence-electron chi connectivity index (χ1n) is 6.96. The molecule has 0 amide bonds. The van der Waals surface area contributed by atoms with Crippen LogP contribution in [0.15, 0.2) is 18.2 Å². The predicted octanol–water partition coefficient (Wildman–Crippen LogP) is 3.77. The van der Waals surface area contributed by atoms with Crippen LogP contribution in [0.4, 0.5) is 5.95 Å². The van der Waals surface area contributed by atoms with Gasteiger partial charge in [-0.3, -0.25) is 0 Å². The highest BCUT2D eigenvalue weighted by Gasteiger charge is 2.25. The SMILES string of the molecule is CSC1CCCC(n2c(N)nc3cc(C)ccc32)C1. The standard InChI is InChI=1S/C15H21N3S/c1-10-6-7-14-13(8-10)17-15(16)18(14)11-4-3-5-12(9-11)19-2/h6-8,11-12H,3-5,9H2,1-2H3,(H2,16,17). The lowest BCUT2D eigenvalue weighted by molar-refractivity contribution is 0.371. The Hall–Kier alpha value is -1.16. The molecule has 2 N–H and O–H groups in total. The van der Waals surface area contributed by atoms with Crippen molar-refractivity contribution in [1.82, 2.24) is 9.55 Å². The monoisotopic (exact) mass is 275 g/mol. The first kappa shape index (κ1) is 12.9. The van der Waals surface area contributed by atoms with Gasteiger partial charge in [0, 0.05) is 11.3 Å². The number of rotatable bonds is 2. The molecule has 1 aliphatic carbocycles. The fraction of sp³-hybridized carbons (Fsp3) is 0.533. The first-order valence-corrected chi connectivity index (χ1v) is 8.24. The molecule has 4 heteroatoms. The average Bonchev–Trinajstić information content (AvgIpc) is 2.73. The average molecular weight is 275 g/mol. The van der Waals surface area contributed by atoms with Crippen LogP contribution in [-0.2, 0) is 0 Å². The molecular formula is C15H21N3S. The van der Waals surface area contributed by atoms with Gasteiger partial charge in [0.2, 0.25) is 5.95 Å². The van der Waals surface area contributed by atoms with Crippen molar-refractivity contribution in [3.8, 4) is 0 Å². The quantitative estimate of drug-likeness (QED) is 0.907. The third kappa shape index (κ3) is 2.34. The molecule has 0 radical (unpaired) electrons. The van der Waals surface area contributed by atoms with Gasteiger partial charge in [0.1, 0.15) is 0 Å². The number of nitrogens with zero attached hydrogens (tertiary/aromatic N) is 2. The van der Waals surface area contributed by atoms with Crippen LogP contribution in [0.25, 0.3) is 11.0 Å². The van der Waals surface area contributed by atoms with E-state index in [4.69, 9.17) is 5.73 Å². The second-order valence-electron chi connectivity index (χ2n) is 5.51. The predicted molar refractivity (Wildman–Crippen MR) is 83.7 cm³/mol. The topological polar surface area (TPSA) is 43.8 Å². The molecule has 0 aliphatic heterocycles. The van der Waals surface area contributed by atoms with E-state index >= 15 is 0 Å². The van der Waals surface area contributed by atoms with E-state index in [9.17, 15) is 0 Å². The minimum atomic E-state index is 0.513. The van der Waals surface area contributed by atoms with Gasteiger partial charge in [0.15, 0.2) is 0 Å². The lowest BCUT2D eigenvalue weighted by Gasteiger charge is -2.29. The normalized spacial score (nSPS) is 23.9. The Morgan fingerprint density at radius 2 is 2.21 bits per heavy atom. The molecule has 3 nitrogen and oxygen atoms in total. The molecule has 0 bridgehead atoms. The molecule has 1 fully saturated rings. The zero-order chi connectivity index (χ0) is 13.4. The van der Waals surface area contributed by atoms with Gasteiger partial charge in [-0.15, -0.1) is 0 Å². The largest absolute Gasteiger partial charge is 0.369 e. The van der Waals surface area contributed by atoms with Gasteiger partial charge in [-0.05, 0) is 50.1 Å². The minimum Gasteiger partial charge on any atom is -0.369 e. The van der Waals surface area contributed by atoms with E-state index in [0.717, 1.165) is 10.8 Å². The first-order chi connectivity index (χ1) is 9.19. The van der Waals surface area contributed by atoms with Crippen LogP contribution in [0.5, 0.6) is 0 Å². The van der Waals surface area contributed by atoms with Crippen molar-refractivity contribution in [3.63, 3.8) is 0 Å². The molecular weight excluding hydrogens is 254 g/mol. The Bertz CT molecular complexity index is 590. The number of nitrogens with two attached hydrogens (primary N) is 1. The number of imidazole rings is 1. The molecule has 3 rings (SSSR count). The molecule has 2 aromatic rings. The number of anilines is 1. The maximum Gasteiger partial charge on any atom is 0.201 e. The van der Waals surface area contributed by atoms with Gasteiger partial charge in [-0.2, -0.15) is 11.8 Å². The lowest BCUT2D eigenvalue weighted by atomic mass is 9.94. The third-order valence-electron chi connectivity index (χ3n) is 4.17. The molecule has 1 aromatic carbocycles. The van der Waals surface area contributed by atoms with Crippen molar-refractivity contribution in [1.29, 1.82) is 0 Å². The number of benzene rings is 1. The van der Waals surface area contributed by atoms with Crippen LogP contribution in [0, 0.1) is 6.92 Å². The van der Waals surface area contributed by atoms with E-state index < -0.39 is 0 Å².